The van der Waals surface area contributed by atoms with Gasteiger partial charge in [0.1, 0.15) is 12.7 Å². The summed E-state index contributed by atoms with van der Waals surface area (Å²) in [4.78, 5) is 10.6. The maximum Gasteiger partial charge on any atom is 0.422 e. The Labute approximate surface area is 76.2 Å². The van der Waals surface area contributed by atoms with Gasteiger partial charge in [-0.3, -0.25) is 4.57 Å². The van der Waals surface area contributed by atoms with Crippen LogP contribution in [0.2, 0.25) is 0 Å². The zero-order valence-corrected chi connectivity index (χ0v) is 6.99. The second-order valence-corrected chi connectivity index (χ2v) is 2.74. The van der Waals surface area contributed by atoms with E-state index >= 15 is 0 Å². The number of aromatic nitrogens is 3. The van der Waals surface area contributed by atoms with Gasteiger partial charge < -0.3 is 5.11 Å². The van der Waals surface area contributed by atoms with Crippen LogP contribution in [0.1, 0.15) is 6.92 Å². The molecule has 0 amide bonds. The van der Waals surface area contributed by atoms with Gasteiger partial charge in [0.25, 0.3) is 0 Å². The topological polar surface area (TPSA) is 68.0 Å². The maximum absolute atomic E-state index is 12.5. The number of hydrogen-bond donors (Lipinski definition) is 1. The molecular weight excluding hydrogens is 203 g/mol. The SMILES string of the molecule is CC(C(=O)O)(n1cnnc1)C(F)(F)F. The van der Waals surface area contributed by atoms with Crippen LogP contribution in [0.25, 0.3) is 0 Å². The standard InChI is InChI=1S/C6H6F3N3O2/c1-5(4(13)14,6(7,8)9)12-2-10-11-3-12/h2-3H,1H3,(H,13,14). The van der Waals surface area contributed by atoms with Crippen LogP contribution in [0.3, 0.4) is 0 Å². The van der Waals surface area contributed by atoms with E-state index in [1.54, 1.807) is 0 Å². The van der Waals surface area contributed by atoms with E-state index in [0.29, 0.717) is 24.1 Å². The van der Waals surface area contributed by atoms with Crippen LogP contribution in [0.4, 0.5) is 13.2 Å². The van der Waals surface area contributed by atoms with E-state index in [9.17, 15) is 18.0 Å². The third kappa shape index (κ3) is 1.32. The van der Waals surface area contributed by atoms with Crippen LogP contribution in [0.5, 0.6) is 0 Å². The van der Waals surface area contributed by atoms with Gasteiger partial charge in [0.05, 0.1) is 0 Å². The third-order valence-electron chi connectivity index (χ3n) is 1.90. The van der Waals surface area contributed by atoms with E-state index in [-0.39, 0.29) is 0 Å². The first-order chi connectivity index (χ1) is 6.30. The number of carboxylic acid groups (broad SMARTS) is 1. The number of rotatable bonds is 2. The van der Waals surface area contributed by atoms with Gasteiger partial charge in [-0.1, -0.05) is 0 Å². The fourth-order valence-electron chi connectivity index (χ4n) is 0.810. The van der Waals surface area contributed by atoms with E-state index in [0.717, 1.165) is 0 Å². The Hall–Kier alpha value is -1.60. The molecule has 0 saturated carbocycles. The van der Waals surface area contributed by atoms with Crippen LogP contribution >= 0.6 is 0 Å². The number of nitrogens with zero attached hydrogens (tertiary/aromatic N) is 3. The molecule has 1 rings (SSSR count). The molecular formula is C6H6F3N3O2. The summed E-state index contributed by atoms with van der Waals surface area (Å²) >= 11 is 0. The Balaban J connectivity index is 3.27. The lowest BCUT2D eigenvalue weighted by Crippen LogP contribution is -2.51. The molecule has 1 N–H and O–H groups in total. The summed E-state index contributed by atoms with van der Waals surface area (Å²) in [6, 6.07) is 0. The summed E-state index contributed by atoms with van der Waals surface area (Å²) in [6.07, 6.45) is -3.50. The smallest absolute Gasteiger partial charge is 0.422 e. The molecule has 0 aliphatic carbocycles. The molecule has 5 nitrogen and oxygen atoms in total. The minimum atomic E-state index is -4.92. The van der Waals surface area contributed by atoms with E-state index < -0.39 is 17.7 Å². The number of carboxylic acids is 1. The summed E-state index contributed by atoms with van der Waals surface area (Å²) in [5, 5.41) is 14.8. The van der Waals surface area contributed by atoms with E-state index in [4.69, 9.17) is 5.11 Å². The number of alkyl halides is 3. The van der Waals surface area contributed by atoms with Crippen molar-refractivity contribution >= 4 is 5.97 Å². The van der Waals surface area contributed by atoms with Crippen LogP contribution in [-0.4, -0.2) is 32.0 Å². The minimum absolute atomic E-state index is 0.398. The van der Waals surface area contributed by atoms with Crippen LogP contribution in [0.15, 0.2) is 12.7 Å². The summed E-state index contributed by atoms with van der Waals surface area (Å²) in [7, 11) is 0. The summed E-state index contributed by atoms with van der Waals surface area (Å²) in [6.45, 7) is 0.540. The van der Waals surface area contributed by atoms with Gasteiger partial charge in [-0.2, -0.15) is 13.2 Å². The van der Waals surface area contributed by atoms with Gasteiger partial charge in [0.15, 0.2) is 0 Å². The Bertz CT molecular complexity index is 335. The van der Waals surface area contributed by atoms with Crippen molar-refractivity contribution < 1.29 is 23.1 Å². The predicted molar refractivity (Wildman–Crippen MR) is 37.4 cm³/mol. The van der Waals surface area contributed by atoms with Crippen molar-refractivity contribution in [1.82, 2.24) is 14.8 Å². The van der Waals surface area contributed by atoms with Gasteiger partial charge in [0, 0.05) is 0 Å². The first-order valence-electron chi connectivity index (χ1n) is 3.45. The Kier molecular flexibility index (Phi) is 2.22. The van der Waals surface area contributed by atoms with Gasteiger partial charge in [0.2, 0.25) is 5.54 Å². The normalized spacial score (nSPS) is 16.3. The highest BCUT2D eigenvalue weighted by atomic mass is 19.4. The Morgan fingerprint density at radius 3 is 2.07 bits per heavy atom. The fourth-order valence-corrected chi connectivity index (χ4v) is 0.810. The highest BCUT2D eigenvalue weighted by molar-refractivity contribution is 5.77. The van der Waals surface area contributed by atoms with Gasteiger partial charge in [-0.15, -0.1) is 10.2 Å². The van der Waals surface area contributed by atoms with Crippen molar-refractivity contribution in [1.29, 1.82) is 0 Å². The molecule has 14 heavy (non-hydrogen) atoms. The molecule has 1 heterocycles. The zero-order chi connectivity index (χ0) is 11.0. The molecule has 0 fully saturated rings. The van der Waals surface area contributed by atoms with Crippen molar-refractivity contribution in [3.8, 4) is 0 Å². The molecule has 1 aromatic heterocycles. The molecule has 0 aromatic carbocycles. The van der Waals surface area contributed by atoms with Crippen molar-refractivity contribution in [2.24, 2.45) is 0 Å². The molecule has 0 radical (unpaired) electrons. The highest BCUT2D eigenvalue weighted by Gasteiger charge is 2.59. The first-order valence-corrected chi connectivity index (χ1v) is 3.45. The number of hydrogen-bond acceptors (Lipinski definition) is 3. The summed E-state index contributed by atoms with van der Waals surface area (Å²) < 4.78 is 37.8. The van der Waals surface area contributed by atoms with Crippen LogP contribution < -0.4 is 0 Å². The van der Waals surface area contributed by atoms with Crippen LogP contribution in [-0.2, 0) is 10.3 Å². The van der Waals surface area contributed by atoms with E-state index in [1.807, 2.05) is 0 Å². The Morgan fingerprint density at radius 1 is 1.36 bits per heavy atom. The van der Waals surface area contributed by atoms with E-state index in [1.165, 1.54) is 0 Å². The van der Waals surface area contributed by atoms with Gasteiger partial charge in [-0.05, 0) is 6.92 Å². The monoisotopic (exact) mass is 209 g/mol. The number of aliphatic carboxylic acids is 1. The average Bonchev–Trinajstić information content (AvgIpc) is 2.52. The van der Waals surface area contributed by atoms with Gasteiger partial charge in [-0.25, -0.2) is 4.79 Å². The molecule has 1 unspecified atom stereocenters. The first kappa shape index (κ1) is 10.5. The molecule has 1 atom stereocenters. The second kappa shape index (κ2) is 2.96. The van der Waals surface area contributed by atoms with E-state index in [2.05, 4.69) is 10.2 Å². The lowest BCUT2D eigenvalue weighted by molar-refractivity contribution is -0.219. The lowest BCUT2D eigenvalue weighted by atomic mass is 10.0. The maximum atomic E-state index is 12.5. The molecule has 0 bridgehead atoms. The lowest BCUT2D eigenvalue weighted by Gasteiger charge is -2.27. The molecule has 1 aromatic rings. The summed E-state index contributed by atoms with van der Waals surface area (Å²) in [5.41, 5.74) is -3.03. The zero-order valence-electron chi connectivity index (χ0n) is 6.99. The summed E-state index contributed by atoms with van der Waals surface area (Å²) in [5.74, 6) is -2.01. The predicted octanol–water partition coefficient (Wildman–Crippen LogP) is 0.640. The fraction of sp³-hybridized carbons (Fsp3) is 0.500. The molecule has 0 aliphatic heterocycles. The highest BCUT2D eigenvalue weighted by Crippen LogP contribution is 2.36. The number of carbonyl (C=O) groups is 1. The molecule has 0 aliphatic rings. The molecule has 0 spiro atoms. The minimum Gasteiger partial charge on any atom is -0.479 e. The number of halogens is 3. The van der Waals surface area contributed by atoms with Crippen LogP contribution in [0, 0.1) is 0 Å². The van der Waals surface area contributed by atoms with Crippen molar-refractivity contribution in [2.45, 2.75) is 18.6 Å². The van der Waals surface area contributed by atoms with Crippen molar-refractivity contribution in [2.75, 3.05) is 0 Å². The van der Waals surface area contributed by atoms with Crippen molar-refractivity contribution in [3.05, 3.63) is 12.7 Å². The molecule has 8 heteroatoms. The molecule has 0 saturated heterocycles. The Morgan fingerprint density at radius 2 is 1.79 bits per heavy atom. The second-order valence-electron chi connectivity index (χ2n) is 2.74. The third-order valence-corrected chi connectivity index (χ3v) is 1.90. The van der Waals surface area contributed by atoms with Gasteiger partial charge >= 0.3 is 12.1 Å². The van der Waals surface area contributed by atoms with Crippen molar-refractivity contribution in [3.63, 3.8) is 0 Å². The average molecular weight is 209 g/mol. The molecule has 78 valence electrons. The quantitative estimate of drug-likeness (QED) is 0.776. The largest absolute Gasteiger partial charge is 0.479 e.